The number of ether oxygens (including phenoxy) is 2. The van der Waals surface area contributed by atoms with Gasteiger partial charge >= 0.3 is 0 Å². The fourth-order valence-corrected chi connectivity index (χ4v) is 2.20. The van der Waals surface area contributed by atoms with E-state index in [0.29, 0.717) is 24.0 Å². The minimum Gasteiger partial charge on any atom is -0.495 e. The molecule has 1 heterocycles. The number of rotatable bonds is 9. The van der Waals surface area contributed by atoms with Crippen LogP contribution in [-0.2, 0) is 17.9 Å². The number of methoxy groups -OCH3 is 1. The first-order valence-electron chi connectivity index (χ1n) is 6.93. The van der Waals surface area contributed by atoms with Crippen LogP contribution in [0.3, 0.4) is 0 Å². The molecule has 0 spiro atoms. The Morgan fingerprint density at radius 1 is 1.29 bits per heavy atom. The van der Waals surface area contributed by atoms with Crippen LogP contribution in [0.15, 0.2) is 41.0 Å². The largest absolute Gasteiger partial charge is 0.495 e. The van der Waals surface area contributed by atoms with Crippen LogP contribution in [0.4, 0.5) is 0 Å². The van der Waals surface area contributed by atoms with Crippen LogP contribution in [0.5, 0.6) is 5.75 Å². The van der Waals surface area contributed by atoms with Crippen molar-refractivity contribution in [1.82, 2.24) is 5.32 Å². The molecule has 1 aromatic carbocycles. The summed E-state index contributed by atoms with van der Waals surface area (Å²) in [4.78, 5) is 0. The van der Waals surface area contributed by atoms with E-state index in [1.807, 2.05) is 30.3 Å². The van der Waals surface area contributed by atoms with Crippen LogP contribution < -0.4 is 10.1 Å². The van der Waals surface area contributed by atoms with Crippen LogP contribution in [0.25, 0.3) is 0 Å². The average Bonchev–Trinajstić information content (AvgIpc) is 3.00. The summed E-state index contributed by atoms with van der Waals surface area (Å²) in [6.45, 7) is 2.90. The molecule has 0 radical (unpaired) electrons. The molecule has 0 saturated carbocycles. The Morgan fingerprint density at radius 3 is 2.90 bits per heavy atom. The lowest BCUT2D eigenvalue weighted by Crippen LogP contribution is -2.16. The number of furan rings is 1. The van der Waals surface area contributed by atoms with Gasteiger partial charge in [-0.1, -0.05) is 17.7 Å². The van der Waals surface area contributed by atoms with Gasteiger partial charge in [0, 0.05) is 13.2 Å². The first-order chi connectivity index (χ1) is 10.3. The minimum absolute atomic E-state index is 0.529. The summed E-state index contributed by atoms with van der Waals surface area (Å²) in [6, 6.07) is 9.57. The minimum atomic E-state index is 0.529. The van der Waals surface area contributed by atoms with Gasteiger partial charge < -0.3 is 19.2 Å². The van der Waals surface area contributed by atoms with Crippen LogP contribution in [0, 0.1) is 0 Å². The molecule has 0 aliphatic heterocycles. The maximum absolute atomic E-state index is 6.08. The Morgan fingerprint density at radius 2 is 2.19 bits per heavy atom. The van der Waals surface area contributed by atoms with E-state index >= 15 is 0 Å². The van der Waals surface area contributed by atoms with Gasteiger partial charge in [0.1, 0.15) is 18.1 Å². The Labute approximate surface area is 130 Å². The van der Waals surface area contributed by atoms with E-state index in [-0.39, 0.29) is 0 Å². The van der Waals surface area contributed by atoms with Crippen molar-refractivity contribution in [1.29, 1.82) is 0 Å². The van der Waals surface area contributed by atoms with Crippen molar-refractivity contribution in [3.05, 3.63) is 52.9 Å². The summed E-state index contributed by atoms with van der Waals surface area (Å²) in [6.07, 6.45) is 2.60. The molecule has 1 N–H and O–H groups in total. The summed E-state index contributed by atoms with van der Waals surface area (Å²) in [7, 11) is 1.61. The van der Waals surface area contributed by atoms with Crippen molar-refractivity contribution in [3.63, 3.8) is 0 Å². The third-order valence-corrected chi connectivity index (χ3v) is 3.31. The van der Waals surface area contributed by atoms with Crippen LogP contribution >= 0.6 is 11.6 Å². The predicted molar refractivity (Wildman–Crippen MR) is 82.7 cm³/mol. The molecule has 0 saturated heterocycles. The Hall–Kier alpha value is -1.49. The summed E-state index contributed by atoms with van der Waals surface area (Å²) in [5.74, 6) is 1.56. The molecule has 0 aliphatic rings. The van der Waals surface area contributed by atoms with E-state index < -0.39 is 0 Å². The van der Waals surface area contributed by atoms with Crippen molar-refractivity contribution in [2.75, 3.05) is 20.3 Å². The van der Waals surface area contributed by atoms with E-state index in [4.69, 9.17) is 25.5 Å². The Balaban J connectivity index is 1.56. The van der Waals surface area contributed by atoms with E-state index in [0.717, 1.165) is 30.8 Å². The van der Waals surface area contributed by atoms with Crippen molar-refractivity contribution in [2.45, 2.75) is 19.6 Å². The third-order valence-electron chi connectivity index (χ3n) is 3.01. The van der Waals surface area contributed by atoms with Gasteiger partial charge in [-0.3, -0.25) is 0 Å². The smallest absolute Gasteiger partial charge is 0.137 e. The molecule has 0 atom stereocenters. The second-order valence-corrected chi connectivity index (χ2v) is 5.04. The highest BCUT2D eigenvalue weighted by atomic mass is 35.5. The summed E-state index contributed by atoms with van der Waals surface area (Å²) in [5, 5.41) is 3.99. The summed E-state index contributed by atoms with van der Waals surface area (Å²) in [5.41, 5.74) is 1.14. The predicted octanol–water partition coefficient (Wildman–Crippen LogP) is 3.64. The fourth-order valence-electron chi connectivity index (χ4n) is 1.92. The standard InChI is InChI=1S/C16H20ClNO3/c1-19-16-6-5-13(10-15(16)17)11-18-7-3-8-20-12-14-4-2-9-21-14/h2,4-6,9-10,18H,3,7-8,11-12H2,1H3. The molecule has 0 amide bonds. The molecule has 5 heteroatoms. The monoisotopic (exact) mass is 309 g/mol. The lowest BCUT2D eigenvalue weighted by molar-refractivity contribution is 0.104. The molecular weight excluding hydrogens is 290 g/mol. The molecule has 1 aromatic heterocycles. The molecule has 21 heavy (non-hydrogen) atoms. The first kappa shape index (κ1) is 15.9. The van der Waals surface area contributed by atoms with E-state index in [1.54, 1.807) is 13.4 Å². The molecule has 0 fully saturated rings. The molecule has 0 bridgehead atoms. The maximum atomic E-state index is 6.08. The highest BCUT2D eigenvalue weighted by Gasteiger charge is 2.01. The average molecular weight is 310 g/mol. The number of benzene rings is 1. The molecule has 2 rings (SSSR count). The van der Waals surface area contributed by atoms with Crippen molar-refractivity contribution in [2.24, 2.45) is 0 Å². The quantitative estimate of drug-likeness (QED) is 0.718. The third kappa shape index (κ3) is 5.42. The van der Waals surface area contributed by atoms with Crippen LogP contribution in [0.2, 0.25) is 5.02 Å². The van der Waals surface area contributed by atoms with Crippen molar-refractivity contribution >= 4 is 11.6 Å². The number of halogens is 1. The SMILES string of the molecule is COc1ccc(CNCCCOCc2ccco2)cc1Cl. The van der Waals surface area contributed by atoms with Crippen molar-refractivity contribution < 1.29 is 13.9 Å². The zero-order chi connectivity index (χ0) is 14.9. The lowest BCUT2D eigenvalue weighted by atomic mass is 10.2. The zero-order valence-corrected chi connectivity index (χ0v) is 12.9. The van der Waals surface area contributed by atoms with Gasteiger partial charge in [0.25, 0.3) is 0 Å². The van der Waals surface area contributed by atoms with Crippen LogP contribution in [-0.4, -0.2) is 20.3 Å². The van der Waals surface area contributed by atoms with Gasteiger partial charge in [-0.05, 0) is 42.8 Å². The van der Waals surface area contributed by atoms with Crippen LogP contribution in [0.1, 0.15) is 17.7 Å². The molecule has 0 aliphatic carbocycles. The van der Waals surface area contributed by atoms with Gasteiger partial charge in [-0.25, -0.2) is 0 Å². The van der Waals surface area contributed by atoms with Crippen molar-refractivity contribution in [3.8, 4) is 5.75 Å². The highest BCUT2D eigenvalue weighted by Crippen LogP contribution is 2.24. The maximum Gasteiger partial charge on any atom is 0.137 e. The Kier molecular flexibility index (Phi) is 6.60. The second kappa shape index (κ2) is 8.72. The van der Waals surface area contributed by atoms with Gasteiger partial charge in [0.05, 0.1) is 18.4 Å². The number of nitrogens with one attached hydrogen (secondary N) is 1. The fraction of sp³-hybridized carbons (Fsp3) is 0.375. The molecular formula is C16H20ClNO3. The second-order valence-electron chi connectivity index (χ2n) is 4.63. The topological polar surface area (TPSA) is 43.6 Å². The van der Waals surface area contributed by atoms with E-state index in [2.05, 4.69) is 5.32 Å². The highest BCUT2D eigenvalue weighted by molar-refractivity contribution is 6.32. The first-order valence-corrected chi connectivity index (χ1v) is 7.30. The Bertz CT molecular complexity index is 528. The van der Waals surface area contributed by atoms with Gasteiger partial charge in [0.15, 0.2) is 0 Å². The van der Waals surface area contributed by atoms with Gasteiger partial charge in [-0.2, -0.15) is 0 Å². The van der Waals surface area contributed by atoms with E-state index in [1.165, 1.54) is 0 Å². The van der Waals surface area contributed by atoms with Gasteiger partial charge in [0.2, 0.25) is 0 Å². The number of hydrogen-bond donors (Lipinski definition) is 1. The van der Waals surface area contributed by atoms with E-state index in [9.17, 15) is 0 Å². The number of hydrogen-bond acceptors (Lipinski definition) is 4. The molecule has 114 valence electrons. The molecule has 0 unspecified atom stereocenters. The summed E-state index contributed by atoms with van der Waals surface area (Å²) >= 11 is 6.08. The van der Waals surface area contributed by atoms with Gasteiger partial charge in [-0.15, -0.1) is 0 Å². The lowest BCUT2D eigenvalue weighted by Gasteiger charge is -2.08. The zero-order valence-electron chi connectivity index (χ0n) is 12.1. The molecule has 4 nitrogen and oxygen atoms in total. The normalized spacial score (nSPS) is 10.8. The molecule has 2 aromatic rings. The summed E-state index contributed by atoms with van der Waals surface area (Å²) < 4.78 is 15.8.